The minimum atomic E-state index is 0.938. The van der Waals surface area contributed by atoms with Crippen LogP contribution in [0, 0.1) is 0 Å². The van der Waals surface area contributed by atoms with Crippen molar-refractivity contribution in [2.45, 2.75) is 0 Å². The molecule has 9 aromatic carbocycles. The first-order valence-corrected chi connectivity index (χ1v) is 17.9. The van der Waals surface area contributed by atoms with Gasteiger partial charge in [-0.3, -0.25) is 0 Å². The molecule has 0 saturated carbocycles. The van der Waals surface area contributed by atoms with Gasteiger partial charge in [0.25, 0.3) is 0 Å². The van der Waals surface area contributed by atoms with Crippen molar-refractivity contribution in [1.82, 2.24) is 0 Å². The molecule has 0 amide bonds. The normalized spacial score (nSPS) is 12.0. The molecule has 0 spiro atoms. The standard InChI is InChI=1S/C48H28OS/c1-2-12-30(13-3-1)46-35-17-6-8-19-37(35)47(38-20-9-7-18-36(38)46)31-24-22-29(23-25-31)39-27-45-48(34-16-5-4-14-32(34)39)41-26-43-40(28-44(41)50-45)33-15-10-11-21-42(33)49-43/h1-28H. The Hall–Kier alpha value is -6.22. The van der Waals surface area contributed by atoms with E-state index in [2.05, 4.69) is 164 Å². The molecule has 232 valence electrons. The van der Waals surface area contributed by atoms with Crippen LogP contribution in [0.1, 0.15) is 0 Å². The van der Waals surface area contributed by atoms with Gasteiger partial charge in [0, 0.05) is 30.9 Å². The summed E-state index contributed by atoms with van der Waals surface area (Å²) in [6.07, 6.45) is 0. The molecule has 0 aliphatic rings. The molecule has 2 aromatic heterocycles. The zero-order valence-corrected chi connectivity index (χ0v) is 27.8. The van der Waals surface area contributed by atoms with Gasteiger partial charge in [-0.2, -0.15) is 0 Å². The first kappa shape index (κ1) is 27.7. The van der Waals surface area contributed by atoms with Gasteiger partial charge in [0.2, 0.25) is 0 Å². The van der Waals surface area contributed by atoms with E-state index < -0.39 is 0 Å². The molecule has 11 aromatic rings. The van der Waals surface area contributed by atoms with Crippen molar-refractivity contribution in [2.24, 2.45) is 0 Å². The smallest absolute Gasteiger partial charge is 0.136 e. The van der Waals surface area contributed by atoms with Crippen LogP contribution in [0.5, 0.6) is 0 Å². The monoisotopic (exact) mass is 652 g/mol. The average Bonchev–Trinajstić information content (AvgIpc) is 3.73. The van der Waals surface area contributed by atoms with Crippen LogP contribution >= 0.6 is 11.3 Å². The fourth-order valence-electron chi connectivity index (χ4n) is 8.27. The molecule has 0 aliphatic carbocycles. The fraction of sp³-hybridized carbons (Fsp3) is 0. The summed E-state index contributed by atoms with van der Waals surface area (Å²) in [6.45, 7) is 0. The summed E-state index contributed by atoms with van der Waals surface area (Å²) >= 11 is 1.87. The Morgan fingerprint density at radius 3 is 1.50 bits per heavy atom. The number of hydrogen-bond acceptors (Lipinski definition) is 2. The largest absolute Gasteiger partial charge is 0.456 e. The maximum Gasteiger partial charge on any atom is 0.136 e. The van der Waals surface area contributed by atoms with Crippen molar-refractivity contribution < 1.29 is 4.42 Å². The lowest BCUT2D eigenvalue weighted by Crippen LogP contribution is -1.91. The van der Waals surface area contributed by atoms with E-state index in [1.165, 1.54) is 96.6 Å². The molecule has 2 heteroatoms. The number of hydrogen-bond donors (Lipinski definition) is 0. The second-order valence-corrected chi connectivity index (χ2v) is 14.3. The molecular formula is C48H28OS. The molecule has 0 bridgehead atoms. The van der Waals surface area contributed by atoms with Crippen molar-refractivity contribution in [3.05, 3.63) is 170 Å². The molecule has 11 rings (SSSR count). The predicted molar refractivity (Wildman–Crippen MR) is 215 cm³/mol. The Bertz CT molecular complexity index is 3070. The topological polar surface area (TPSA) is 13.1 Å². The van der Waals surface area contributed by atoms with Crippen LogP contribution in [0.4, 0.5) is 0 Å². The minimum Gasteiger partial charge on any atom is -0.456 e. The zero-order valence-electron chi connectivity index (χ0n) is 27.0. The highest BCUT2D eigenvalue weighted by atomic mass is 32.1. The maximum absolute atomic E-state index is 6.32. The highest BCUT2D eigenvalue weighted by Gasteiger charge is 2.19. The molecule has 0 aliphatic heterocycles. The van der Waals surface area contributed by atoms with Crippen LogP contribution < -0.4 is 0 Å². The maximum atomic E-state index is 6.32. The Kier molecular flexibility index (Phi) is 5.89. The number of thiophene rings is 1. The minimum absolute atomic E-state index is 0.938. The van der Waals surface area contributed by atoms with Gasteiger partial charge in [0.1, 0.15) is 11.2 Å². The number of fused-ring (bicyclic) bond motifs is 10. The van der Waals surface area contributed by atoms with Crippen molar-refractivity contribution in [3.8, 4) is 33.4 Å². The van der Waals surface area contributed by atoms with Crippen molar-refractivity contribution in [2.75, 3.05) is 0 Å². The molecule has 1 nitrogen and oxygen atoms in total. The third-order valence-electron chi connectivity index (χ3n) is 10.5. The van der Waals surface area contributed by atoms with Crippen molar-refractivity contribution >= 4 is 85.8 Å². The van der Waals surface area contributed by atoms with Crippen LogP contribution in [0.25, 0.3) is 108 Å². The summed E-state index contributed by atoms with van der Waals surface area (Å²) in [5, 5.41) is 12.5. The van der Waals surface area contributed by atoms with Gasteiger partial charge in [-0.1, -0.05) is 146 Å². The summed E-state index contributed by atoms with van der Waals surface area (Å²) < 4.78 is 8.90. The third kappa shape index (κ3) is 4.00. The number of furan rings is 1. The SMILES string of the molecule is c1ccc(-c2c3ccccc3c(-c3ccc(-c4cc5sc6cc7c(cc6c5c5ccccc45)oc4ccccc47)cc3)c3ccccc23)cc1. The van der Waals surface area contributed by atoms with Crippen LogP contribution in [0.15, 0.2) is 174 Å². The van der Waals surface area contributed by atoms with E-state index in [1.54, 1.807) is 0 Å². The van der Waals surface area contributed by atoms with Gasteiger partial charge >= 0.3 is 0 Å². The zero-order chi connectivity index (χ0) is 32.8. The summed E-state index contributed by atoms with van der Waals surface area (Å²) in [7, 11) is 0. The van der Waals surface area contributed by atoms with Gasteiger partial charge in [-0.15, -0.1) is 11.3 Å². The van der Waals surface area contributed by atoms with Gasteiger partial charge < -0.3 is 4.42 Å². The lowest BCUT2D eigenvalue weighted by atomic mass is 9.85. The Labute approximate surface area is 292 Å². The molecule has 2 heterocycles. The van der Waals surface area contributed by atoms with Crippen molar-refractivity contribution in [1.29, 1.82) is 0 Å². The van der Waals surface area contributed by atoms with E-state index in [4.69, 9.17) is 4.42 Å². The summed E-state index contributed by atoms with van der Waals surface area (Å²) in [5.41, 5.74) is 9.40. The Morgan fingerprint density at radius 1 is 0.320 bits per heavy atom. The lowest BCUT2D eigenvalue weighted by Gasteiger charge is -2.18. The van der Waals surface area contributed by atoms with E-state index in [1.807, 2.05) is 17.4 Å². The second-order valence-electron chi connectivity index (χ2n) is 13.2. The van der Waals surface area contributed by atoms with E-state index in [9.17, 15) is 0 Å². The number of rotatable bonds is 3. The van der Waals surface area contributed by atoms with E-state index in [-0.39, 0.29) is 0 Å². The molecular weight excluding hydrogens is 625 g/mol. The summed E-state index contributed by atoms with van der Waals surface area (Å²) in [5.74, 6) is 0. The first-order chi connectivity index (χ1) is 24.8. The van der Waals surface area contributed by atoms with Gasteiger partial charge in [0.05, 0.1) is 0 Å². The molecule has 0 unspecified atom stereocenters. The molecule has 0 atom stereocenters. The van der Waals surface area contributed by atoms with Crippen LogP contribution in [0.2, 0.25) is 0 Å². The van der Waals surface area contributed by atoms with Crippen LogP contribution in [-0.2, 0) is 0 Å². The average molecular weight is 653 g/mol. The van der Waals surface area contributed by atoms with Gasteiger partial charge in [0.15, 0.2) is 0 Å². The molecule has 0 saturated heterocycles. The van der Waals surface area contributed by atoms with Crippen LogP contribution in [-0.4, -0.2) is 0 Å². The van der Waals surface area contributed by atoms with Gasteiger partial charge in [-0.25, -0.2) is 0 Å². The lowest BCUT2D eigenvalue weighted by molar-refractivity contribution is 0.669. The predicted octanol–water partition coefficient (Wildman–Crippen LogP) is 14.4. The van der Waals surface area contributed by atoms with E-state index in [0.717, 1.165) is 11.2 Å². The van der Waals surface area contributed by atoms with E-state index in [0.29, 0.717) is 0 Å². The second kappa shape index (κ2) is 10.6. The summed E-state index contributed by atoms with van der Waals surface area (Å²) in [4.78, 5) is 0. The number of benzene rings is 9. The molecule has 0 N–H and O–H groups in total. The third-order valence-corrected chi connectivity index (χ3v) is 11.6. The fourth-order valence-corrected chi connectivity index (χ4v) is 9.45. The first-order valence-electron chi connectivity index (χ1n) is 17.1. The Morgan fingerprint density at radius 2 is 0.840 bits per heavy atom. The quantitative estimate of drug-likeness (QED) is 0.173. The number of para-hydroxylation sites is 1. The molecule has 50 heavy (non-hydrogen) atoms. The highest BCUT2D eigenvalue weighted by molar-refractivity contribution is 7.26. The van der Waals surface area contributed by atoms with Gasteiger partial charge in [-0.05, 0) is 90.0 Å². The molecule has 0 radical (unpaired) electrons. The highest BCUT2D eigenvalue weighted by Crippen LogP contribution is 2.47. The molecule has 0 fully saturated rings. The van der Waals surface area contributed by atoms with Crippen molar-refractivity contribution in [3.63, 3.8) is 0 Å². The Balaban J connectivity index is 1.11. The van der Waals surface area contributed by atoms with Crippen LogP contribution in [0.3, 0.4) is 0 Å². The summed E-state index contributed by atoms with van der Waals surface area (Å²) in [6, 6.07) is 61.9. The van der Waals surface area contributed by atoms with E-state index >= 15 is 0 Å².